The third-order valence-electron chi connectivity index (χ3n) is 5.85. The summed E-state index contributed by atoms with van der Waals surface area (Å²) in [4.78, 5) is 11.6. The molecule has 1 atom stereocenters. The second-order valence-corrected chi connectivity index (χ2v) is 8.95. The molecule has 1 saturated carbocycles. The fraction of sp³-hybridized carbons (Fsp3) is 0.474. The number of hydrogen-bond donors (Lipinski definition) is 0. The van der Waals surface area contributed by atoms with Crippen molar-refractivity contribution in [1.29, 1.82) is 0 Å². The quantitative estimate of drug-likeness (QED) is 0.491. The van der Waals surface area contributed by atoms with E-state index < -0.39 is 17.9 Å². The van der Waals surface area contributed by atoms with Crippen LogP contribution in [0.4, 0.5) is 13.2 Å². The maximum Gasteiger partial charge on any atom is 0.435 e. The van der Waals surface area contributed by atoms with Gasteiger partial charge in [0.25, 0.3) is 0 Å². The van der Waals surface area contributed by atoms with Crippen LogP contribution in [0, 0.1) is 0 Å². The van der Waals surface area contributed by atoms with Crippen LogP contribution in [0.15, 0.2) is 12.4 Å². The van der Waals surface area contributed by atoms with Crippen molar-refractivity contribution in [2.75, 3.05) is 0 Å². The summed E-state index contributed by atoms with van der Waals surface area (Å²) >= 11 is 1.70. The summed E-state index contributed by atoms with van der Waals surface area (Å²) in [6.45, 7) is 1.80. The Balaban J connectivity index is 1.49. The number of aryl methyl sites for hydroxylation is 2. The third kappa shape index (κ3) is 2.61. The van der Waals surface area contributed by atoms with Gasteiger partial charge in [-0.3, -0.25) is 4.68 Å². The van der Waals surface area contributed by atoms with Crippen LogP contribution in [0.25, 0.3) is 15.9 Å². The minimum absolute atomic E-state index is 0.131. The standard InChI is InChI=1S/C19H17F3N6S/c1-9(28-12(10-5-6-10)7-14(25-28)19(20,21)22)16-24-17-15-11-3-2-4-13(11)29-18(15)23-8-27(17)26-16/h7-10H,2-6H2,1H3/t9-/m1/s1. The molecular formula is C19H17F3N6S. The lowest BCUT2D eigenvalue weighted by molar-refractivity contribution is -0.141. The lowest BCUT2D eigenvalue weighted by Crippen LogP contribution is -2.15. The van der Waals surface area contributed by atoms with Gasteiger partial charge in [-0.2, -0.15) is 18.3 Å². The smallest absolute Gasteiger partial charge is 0.258 e. The van der Waals surface area contributed by atoms with Crippen LogP contribution < -0.4 is 0 Å². The van der Waals surface area contributed by atoms with E-state index in [2.05, 4.69) is 15.2 Å². The second kappa shape index (κ2) is 5.78. The number of aromatic nitrogens is 6. The Morgan fingerprint density at radius 3 is 2.79 bits per heavy atom. The van der Waals surface area contributed by atoms with E-state index in [1.807, 2.05) is 0 Å². The Morgan fingerprint density at radius 1 is 1.21 bits per heavy atom. The predicted octanol–water partition coefficient (Wildman–Crippen LogP) is 4.53. The molecule has 150 valence electrons. The number of halogens is 3. The van der Waals surface area contributed by atoms with Gasteiger partial charge in [-0.05, 0) is 50.7 Å². The summed E-state index contributed by atoms with van der Waals surface area (Å²) in [7, 11) is 0. The first-order valence-corrected chi connectivity index (χ1v) is 10.5. The van der Waals surface area contributed by atoms with E-state index in [-0.39, 0.29) is 5.92 Å². The minimum Gasteiger partial charge on any atom is -0.258 e. The average molecular weight is 418 g/mol. The van der Waals surface area contributed by atoms with Gasteiger partial charge in [0.15, 0.2) is 17.2 Å². The summed E-state index contributed by atoms with van der Waals surface area (Å²) in [5, 5.41) is 9.47. The van der Waals surface area contributed by atoms with Gasteiger partial charge >= 0.3 is 6.18 Å². The number of rotatable bonds is 3. The normalized spacial score (nSPS) is 18.1. The van der Waals surface area contributed by atoms with Crippen molar-refractivity contribution in [2.45, 2.75) is 57.2 Å². The molecule has 0 amide bonds. The largest absolute Gasteiger partial charge is 0.435 e. The highest BCUT2D eigenvalue weighted by atomic mass is 32.1. The van der Waals surface area contributed by atoms with Gasteiger partial charge in [-0.25, -0.2) is 14.5 Å². The first-order chi connectivity index (χ1) is 13.9. The summed E-state index contributed by atoms with van der Waals surface area (Å²) in [6, 6.07) is 0.679. The molecule has 6 nitrogen and oxygen atoms in total. The Labute approximate surface area is 167 Å². The van der Waals surface area contributed by atoms with Crippen molar-refractivity contribution in [2.24, 2.45) is 0 Å². The zero-order valence-corrected chi connectivity index (χ0v) is 16.4. The zero-order valence-electron chi connectivity index (χ0n) is 15.6. The van der Waals surface area contributed by atoms with E-state index in [4.69, 9.17) is 4.98 Å². The monoisotopic (exact) mass is 418 g/mol. The van der Waals surface area contributed by atoms with Gasteiger partial charge < -0.3 is 0 Å². The van der Waals surface area contributed by atoms with Crippen molar-refractivity contribution in [3.05, 3.63) is 40.0 Å². The lowest BCUT2D eigenvalue weighted by atomic mass is 10.2. The lowest BCUT2D eigenvalue weighted by Gasteiger charge is -2.12. The van der Waals surface area contributed by atoms with Crippen molar-refractivity contribution in [3.63, 3.8) is 0 Å². The summed E-state index contributed by atoms with van der Waals surface area (Å²) in [5.41, 5.74) is 1.79. The molecule has 0 spiro atoms. The summed E-state index contributed by atoms with van der Waals surface area (Å²) < 4.78 is 42.8. The van der Waals surface area contributed by atoms with Gasteiger partial charge in [-0.1, -0.05) is 0 Å². The molecule has 4 heterocycles. The summed E-state index contributed by atoms with van der Waals surface area (Å²) in [5.74, 6) is 0.586. The van der Waals surface area contributed by atoms with E-state index in [1.54, 1.807) is 29.1 Å². The van der Waals surface area contributed by atoms with Crippen LogP contribution in [0.2, 0.25) is 0 Å². The molecule has 2 aliphatic rings. The number of thiophene rings is 1. The molecule has 0 N–H and O–H groups in total. The van der Waals surface area contributed by atoms with E-state index in [1.165, 1.54) is 21.2 Å². The molecule has 4 aromatic rings. The highest BCUT2D eigenvalue weighted by Crippen LogP contribution is 2.43. The Hall–Kier alpha value is -2.49. The molecule has 6 rings (SSSR count). The van der Waals surface area contributed by atoms with Crippen molar-refractivity contribution >= 4 is 27.2 Å². The Morgan fingerprint density at radius 2 is 2.03 bits per heavy atom. The molecule has 0 radical (unpaired) electrons. The van der Waals surface area contributed by atoms with Gasteiger partial charge in [0.05, 0.1) is 5.39 Å². The van der Waals surface area contributed by atoms with Gasteiger partial charge in [-0.15, -0.1) is 16.4 Å². The molecule has 0 aliphatic heterocycles. The highest BCUT2D eigenvalue weighted by Gasteiger charge is 2.39. The van der Waals surface area contributed by atoms with Crippen molar-refractivity contribution in [3.8, 4) is 0 Å². The number of hydrogen-bond acceptors (Lipinski definition) is 5. The van der Waals surface area contributed by atoms with Crippen LogP contribution in [-0.2, 0) is 19.0 Å². The van der Waals surface area contributed by atoms with Crippen LogP contribution in [-0.4, -0.2) is 29.4 Å². The topological polar surface area (TPSA) is 60.9 Å². The maximum absolute atomic E-state index is 13.2. The van der Waals surface area contributed by atoms with Gasteiger partial charge in [0.1, 0.15) is 17.2 Å². The molecule has 29 heavy (non-hydrogen) atoms. The fourth-order valence-corrected chi connectivity index (χ4v) is 5.46. The molecule has 1 fully saturated rings. The molecule has 0 unspecified atom stereocenters. The first kappa shape index (κ1) is 17.4. The molecule has 2 aliphatic carbocycles. The zero-order chi connectivity index (χ0) is 19.9. The Bertz CT molecular complexity index is 1260. The minimum atomic E-state index is -4.46. The third-order valence-corrected chi connectivity index (χ3v) is 7.05. The number of fused-ring (bicyclic) bond motifs is 5. The molecule has 10 heteroatoms. The van der Waals surface area contributed by atoms with E-state index in [0.29, 0.717) is 11.5 Å². The van der Waals surface area contributed by atoms with Crippen molar-refractivity contribution < 1.29 is 13.2 Å². The second-order valence-electron chi connectivity index (χ2n) is 7.87. The van der Waals surface area contributed by atoms with Gasteiger partial charge in [0, 0.05) is 16.5 Å². The average Bonchev–Trinajstić information content (AvgIpc) is 3.06. The van der Waals surface area contributed by atoms with E-state index >= 15 is 0 Å². The van der Waals surface area contributed by atoms with E-state index in [9.17, 15) is 13.2 Å². The molecular weight excluding hydrogens is 401 g/mol. The van der Waals surface area contributed by atoms with Crippen LogP contribution >= 0.6 is 11.3 Å². The molecule has 0 saturated heterocycles. The van der Waals surface area contributed by atoms with E-state index in [0.717, 1.165) is 48.0 Å². The summed E-state index contributed by atoms with van der Waals surface area (Å²) in [6.07, 6.45) is 2.16. The number of nitrogens with zero attached hydrogens (tertiary/aromatic N) is 6. The molecule has 0 bridgehead atoms. The SMILES string of the molecule is C[C@H](c1nc2c3c4c(sc3ncn2n1)CCC4)n1nc(C(F)(F)F)cc1C1CC1. The van der Waals surface area contributed by atoms with Gasteiger partial charge in [0.2, 0.25) is 0 Å². The fourth-order valence-electron chi connectivity index (χ4n) is 4.24. The molecule has 4 aromatic heterocycles. The van der Waals surface area contributed by atoms with Crippen LogP contribution in [0.1, 0.15) is 65.8 Å². The highest BCUT2D eigenvalue weighted by molar-refractivity contribution is 7.19. The predicted molar refractivity (Wildman–Crippen MR) is 101 cm³/mol. The van der Waals surface area contributed by atoms with Crippen molar-refractivity contribution in [1.82, 2.24) is 29.4 Å². The van der Waals surface area contributed by atoms with Crippen LogP contribution in [0.3, 0.4) is 0 Å². The maximum atomic E-state index is 13.2. The first-order valence-electron chi connectivity index (χ1n) is 9.72. The molecule has 0 aromatic carbocycles. The Kier molecular flexibility index (Phi) is 3.46. The van der Waals surface area contributed by atoms with Crippen LogP contribution in [0.5, 0.6) is 0 Å². The number of alkyl halides is 3.